The number of benzene rings is 1. The molecule has 0 saturated carbocycles. The van der Waals surface area contributed by atoms with Crippen LogP contribution >= 0.6 is 34.5 Å². The van der Waals surface area contributed by atoms with E-state index in [2.05, 4.69) is 10.2 Å². The summed E-state index contributed by atoms with van der Waals surface area (Å²) in [7, 11) is 0. The van der Waals surface area contributed by atoms with Crippen molar-refractivity contribution in [3.8, 4) is 21.6 Å². The Kier molecular flexibility index (Phi) is 4.36. The highest BCUT2D eigenvalue weighted by molar-refractivity contribution is 7.19. The highest BCUT2D eigenvalue weighted by Crippen LogP contribution is 2.43. The highest BCUT2D eigenvalue weighted by Gasteiger charge is 2.23. The molecule has 7 heteroatoms. The van der Waals surface area contributed by atoms with Gasteiger partial charge in [-0.25, -0.2) is 8.78 Å². The summed E-state index contributed by atoms with van der Waals surface area (Å²) in [5, 5.41) is 7.71. The molecule has 0 aliphatic carbocycles. The van der Waals surface area contributed by atoms with E-state index in [4.69, 9.17) is 23.2 Å². The molecule has 2 aromatic heterocycles. The largest absolute Gasteiger partial charge is 0.206 e. The molecule has 0 bridgehead atoms. The van der Waals surface area contributed by atoms with Gasteiger partial charge in [0.1, 0.15) is 11.6 Å². The van der Waals surface area contributed by atoms with Gasteiger partial charge in [-0.05, 0) is 43.7 Å². The zero-order valence-corrected chi connectivity index (χ0v) is 14.5. The molecule has 0 aliphatic rings. The van der Waals surface area contributed by atoms with Crippen LogP contribution in [0.4, 0.5) is 8.78 Å². The lowest BCUT2D eigenvalue weighted by atomic mass is 9.97. The van der Waals surface area contributed by atoms with Gasteiger partial charge in [0, 0.05) is 16.0 Å². The lowest BCUT2D eigenvalue weighted by molar-refractivity contribution is 0.587. The van der Waals surface area contributed by atoms with Gasteiger partial charge in [-0.15, -0.1) is 16.4 Å². The van der Waals surface area contributed by atoms with Crippen LogP contribution in [0.15, 0.2) is 24.3 Å². The van der Waals surface area contributed by atoms with Crippen LogP contribution in [0.1, 0.15) is 11.3 Å². The van der Waals surface area contributed by atoms with Crippen LogP contribution in [0.3, 0.4) is 0 Å². The van der Waals surface area contributed by atoms with Crippen molar-refractivity contribution in [2.24, 2.45) is 0 Å². The maximum Gasteiger partial charge on any atom is 0.160 e. The van der Waals surface area contributed by atoms with E-state index in [0.29, 0.717) is 21.2 Å². The molecule has 0 N–H and O–H groups in total. The van der Waals surface area contributed by atoms with E-state index in [1.165, 1.54) is 23.5 Å². The minimum atomic E-state index is -0.694. The van der Waals surface area contributed by atoms with E-state index < -0.39 is 11.6 Å². The third-order valence-electron chi connectivity index (χ3n) is 3.36. The van der Waals surface area contributed by atoms with E-state index in [1.54, 1.807) is 26.0 Å². The molecule has 0 atom stereocenters. The minimum absolute atomic E-state index is 0.0585. The molecular weight excluding hydrogens is 361 g/mol. The lowest BCUT2D eigenvalue weighted by Gasteiger charge is -2.14. The standard InChI is InChI=1S/C16H10Cl2F2N2S/c1-7-5-9(19)14(10(20)6-7)15-13(8(2)21-22-16(15)18)11-3-4-12(17)23-11/h3-6H,1-2H3. The van der Waals surface area contributed by atoms with Crippen LogP contribution in [0.5, 0.6) is 0 Å². The third kappa shape index (κ3) is 2.96. The summed E-state index contributed by atoms with van der Waals surface area (Å²) in [6.45, 7) is 3.33. The van der Waals surface area contributed by atoms with E-state index in [9.17, 15) is 8.78 Å². The van der Waals surface area contributed by atoms with Crippen molar-refractivity contribution in [2.75, 3.05) is 0 Å². The van der Waals surface area contributed by atoms with Gasteiger partial charge >= 0.3 is 0 Å². The molecule has 1 aromatic carbocycles. The van der Waals surface area contributed by atoms with Crippen molar-refractivity contribution < 1.29 is 8.78 Å². The molecule has 2 heterocycles. The first-order chi connectivity index (χ1) is 10.9. The van der Waals surface area contributed by atoms with Crippen LogP contribution in [0.25, 0.3) is 21.6 Å². The summed E-state index contributed by atoms with van der Waals surface area (Å²) in [5.41, 5.74) is 1.51. The van der Waals surface area contributed by atoms with E-state index in [-0.39, 0.29) is 16.3 Å². The molecule has 23 heavy (non-hydrogen) atoms. The van der Waals surface area contributed by atoms with Crippen molar-refractivity contribution in [1.82, 2.24) is 10.2 Å². The summed E-state index contributed by atoms with van der Waals surface area (Å²) >= 11 is 13.4. The van der Waals surface area contributed by atoms with Crippen molar-refractivity contribution in [3.05, 3.63) is 56.6 Å². The maximum absolute atomic E-state index is 14.4. The summed E-state index contributed by atoms with van der Waals surface area (Å²) in [4.78, 5) is 0.721. The van der Waals surface area contributed by atoms with Crippen LogP contribution in [-0.2, 0) is 0 Å². The van der Waals surface area contributed by atoms with Gasteiger partial charge in [-0.1, -0.05) is 23.2 Å². The second-order valence-electron chi connectivity index (χ2n) is 5.03. The Morgan fingerprint density at radius 1 is 0.913 bits per heavy atom. The van der Waals surface area contributed by atoms with Crippen LogP contribution in [0.2, 0.25) is 9.49 Å². The molecule has 2 nitrogen and oxygen atoms in total. The fourth-order valence-corrected chi connectivity index (χ4v) is 3.79. The number of hydrogen-bond donors (Lipinski definition) is 0. The van der Waals surface area contributed by atoms with Gasteiger partial charge in [-0.2, -0.15) is 5.10 Å². The molecule has 0 amide bonds. The summed E-state index contributed by atoms with van der Waals surface area (Å²) < 4.78 is 29.4. The molecule has 0 fully saturated rings. The Morgan fingerprint density at radius 2 is 1.57 bits per heavy atom. The van der Waals surface area contributed by atoms with Crippen molar-refractivity contribution in [1.29, 1.82) is 0 Å². The van der Waals surface area contributed by atoms with Crippen molar-refractivity contribution in [3.63, 3.8) is 0 Å². The molecule has 0 saturated heterocycles. The van der Waals surface area contributed by atoms with Gasteiger partial charge in [0.05, 0.1) is 15.6 Å². The van der Waals surface area contributed by atoms with Crippen LogP contribution < -0.4 is 0 Å². The predicted molar refractivity (Wildman–Crippen MR) is 90.2 cm³/mol. The normalized spacial score (nSPS) is 11.0. The first-order valence-electron chi connectivity index (χ1n) is 6.63. The number of thiophene rings is 1. The predicted octanol–water partition coefficient (Wildman–Crippen LogP) is 6.07. The molecule has 3 aromatic rings. The summed E-state index contributed by atoms with van der Waals surface area (Å²) in [5.74, 6) is -1.39. The molecule has 0 radical (unpaired) electrons. The minimum Gasteiger partial charge on any atom is -0.206 e. The van der Waals surface area contributed by atoms with Gasteiger partial charge in [0.2, 0.25) is 0 Å². The second-order valence-corrected chi connectivity index (χ2v) is 7.11. The monoisotopic (exact) mass is 370 g/mol. The van der Waals surface area contributed by atoms with Gasteiger partial charge in [-0.3, -0.25) is 0 Å². The Morgan fingerprint density at radius 3 is 2.13 bits per heavy atom. The van der Waals surface area contributed by atoms with Crippen molar-refractivity contribution in [2.45, 2.75) is 13.8 Å². The molecule has 0 unspecified atom stereocenters. The Labute approximate surface area is 145 Å². The number of nitrogens with zero attached hydrogens (tertiary/aromatic N) is 2. The van der Waals surface area contributed by atoms with Crippen LogP contribution in [-0.4, -0.2) is 10.2 Å². The quantitative estimate of drug-likeness (QED) is 0.546. The molecule has 0 spiro atoms. The zero-order valence-electron chi connectivity index (χ0n) is 12.1. The molecule has 3 rings (SSSR count). The first-order valence-corrected chi connectivity index (χ1v) is 8.20. The average molecular weight is 371 g/mol. The summed E-state index contributed by atoms with van der Waals surface area (Å²) in [6, 6.07) is 5.99. The number of aromatic nitrogens is 2. The van der Waals surface area contributed by atoms with Gasteiger partial charge < -0.3 is 0 Å². The fraction of sp³-hybridized carbons (Fsp3) is 0.125. The third-order valence-corrected chi connectivity index (χ3v) is 4.88. The smallest absolute Gasteiger partial charge is 0.160 e. The van der Waals surface area contributed by atoms with E-state index in [1.807, 2.05) is 0 Å². The zero-order chi connectivity index (χ0) is 16.7. The Bertz CT molecular complexity index is 886. The van der Waals surface area contributed by atoms with Crippen molar-refractivity contribution >= 4 is 34.5 Å². The van der Waals surface area contributed by atoms with E-state index in [0.717, 1.165) is 4.88 Å². The molecular formula is C16H10Cl2F2N2S. The van der Waals surface area contributed by atoms with E-state index >= 15 is 0 Å². The number of halogens is 4. The summed E-state index contributed by atoms with van der Waals surface area (Å²) in [6.07, 6.45) is 0. The van der Waals surface area contributed by atoms with Gasteiger partial charge in [0.25, 0.3) is 0 Å². The fourth-order valence-electron chi connectivity index (χ4n) is 2.42. The maximum atomic E-state index is 14.4. The lowest BCUT2D eigenvalue weighted by Crippen LogP contribution is -2.00. The topological polar surface area (TPSA) is 25.8 Å². The highest BCUT2D eigenvalue weighted by atomic mass is 35.5. The molecule has 0 aliphatic heterocycles. The number of aryl methyl sites for hydroxylation is 2. The number of rotatable bonds is 2. The van der Waals surface area contributed by atoms with Gasteiger partial charge in [0.15, 0.2) is 5.15 Å². The Balaban J connectivity index is 2.39. The second kappa shape index (κ2) is 6.15. The SMILES string of the molecule is Cc1cc(F)c(-c2c(Cl)nnc(C)c2-c2ccc(Cl)s2)c(F)c1. The van der Waals surface area contributed by atoms with Crippen LogP contribution in [0, 0.1) is 25.5 Å². The Hall–Kier alpha value is -1.56. The average Bonchev–Trinajstić information content (AvgIpc) is 2.88. The number of hydrogen-bond acceptors (Lipinski definition) is 3. The molecule has 118 valence electrons. The first kappa shape index (κ1) is 16.3.